The number of hydrogen-bond acceptors (Lipinski definition) is 2. The molecule has 0 unspecified atom stereocenters. The van der Waals surface area contributed by atoms with Crippen molar-refractivity contribution in [3.63, 3.8) is 0 Å². The van der Waals surface area contributed by atoms with Crippen LogP contribution >= 0.6 is 24.0 Å². The average molecular weight is 382 g/mol. The van der Waals surface area contributed by atoms with Crippen molar-refractivity contribution in [2.24, 2.45) is 10.7 Å². The molecule has 4 nitrogen and oxygen atoms in total. The molecule has 1 aromatic heterocycles. The Bertz CT molecular complexity index is 514. The number of nitrogens with two attached hydrogens (primary N) is 1. The third kappa shape index (κ3) is 6.01. The van der Waals surface area contributed by atoms with Crippen molar-refractivity contribution >= 4 is 29.9 Å². The molecular weight excluding hydrogens is 363 g/mol. The molecule has 2 rings (SSSR count). The van der Waals surface area contributed by atoms with Crippen LogP contribution in [0, 0.1) is 0 Å². The molecule has 0 amide bonds. The lowest BCUT2D eigenvalue weighted by atomic mass is 10.1. The zero-order valence-corrected chi connectivity index (χ0v) is 13.5. The first-order chi connectivity index (χ1) is 9.34. The van der Waals surface area contributed by atoms with Gasteiger partial charge in [-0.15, -0.1) is 24.0 Å². The first kappa shape index (κ1) is 16.4. The lowest BCUT2D eigenvalue weighted by Crippen LogP contribution is -2.33. The van der Waals surface area contributed by atoms with Crippen LogP contribution in [0.5, 0.6) is 0 Å². The Balaban J connectivity index is 0.00000200. The van der Waals surface area contributed by atoms with Gasteiger partial charge in [-0.05, 0) is 24.1 Å². The molecule has 0 aliphatic rings. The maximum Gasteiger partial charge on any atom is 0.188 e. The van der Waals surface area contributed by atoms with E-state index in [-0.39, 0.29) is 24.0 Å². The van der Waals surface area contributed by atoms with Crippen molar-refractivity contribution in [2.75, 3.05) is 6.54 Å². The van der Waals surface area contributed by atoms with Gasteiger partial charge in [0.2, 0.25) is 0 Å². The summed E-state index contributed by atoms with van der Waals surface area (Å²) in [6, 6.07) is 16.0. The molecule has 0 radical (unpaired) electrons. The van der Waals surface area contributed by atoms with E-state index in [0.717, 1.165) is 18.7 Å². The summed E-state index contributed by atoms with van der Waals surface area (Å²) >= 11 is 0. The number of rotatable bonds is 5. The maximum atomic E-state index is 5.80. The highest BCUT2D eigenvalue weighted by atomic mass is 127. The summed E-state index contributed by atoms with van der Waals surface area (Å²) in [5, 5.41) is 3.10. The van der Waals surface area contributed by atoms with E-state index in [1.165, 1.54) is 5.56 Å². The van der Waals surface area contributed by atoms with Crippen molar-refractivity contribution in [1.82, 2.24) is 10.3 Å². The minimum atomic E-state index is 0. The Kier molecular flexibility index (Phi) is 7.64. The van der Waals surface area contributed by atoms with Gasteiger partial charge in [-0.3, -0.25) is 4.98 Å². The molecule has 0 bridgehead atoms. The quantitative estimate of drug-likeness (QED) is 0.474. The number of aliphatic imine (C=N–C) groups is 1. The minimum absolute atomic E-state index is 0. The van der Waals surface area contributed by atoms with Crippen LogP contribution in [-0.4, -0.2) is 17.5 Å². The molecule has 1 heterocycles. The van der Waals surface area contributed by atoms with Crippen molar-refractivity contribution in [1.29, 1.82) is 0 Å². The monoisotopic (exact) mass is 382 g/mol. The predicted molar refractivity (Wildman–Crippen MR) is 93.1 cm³/mol. The molecule has 0 saturated carbocycles. The zero-order valence-electron chi connectivity index (χ0n) is 11.2. The fourth-order valence-electron chi connectivity index (χ4n) is 1.69. The fourth-order valence-corrected chi connectivity index (χ4v) is 1.69. The lowest BCUT2D eigenvalue weighted by molar-refractivity contribution is 0.844. The van der Waals surface area contributed by atoms with E-state index >= 15 is 0 Å². The lowest BCUT2D eigenvalue weighted by Gasteiger charge is -2.05. The number of nitrogens with one attached hydrogen (secondary N) is 1. The van der Waals surface area contributed by atoms with Gasteiger partial charge in [0.05, 0.1) is 12.2 Å². The Labute approximate surface area is 136 Å². The van der Waals surface area contributed by atoms with Gasteiger partial charge in [-0.25, -0.2) is 4.99 Å². The molecule has 0 aliphatic carbocycles. The van der Waals surface area contributed by atoms with Crippen LogP contribution in [0.1, 0.15) is 11.3 Å². The molecule has 5 heteroatoms. The molecule has 0 aliphatic heterocycles. The summed E-state index contributed by atoms with van der Waals surface area (Å²) in [4.78, 5) is 8.43. The first-order valence-corrected chi connectivity index (χ1v) is 6.32. The molecule has 3 N–H and O–H groups in total. The van der Waals surface area contributed by atoms with Crippen molar-refractivity contribution in [3.05, 3.63) is 66.0 Å². The number of aromatic nitrogens is 1. The van der Waals surface area contributed by atoms with E-state index in [0.29, 0.717) is 12.5 Å². The topological polar surface area (TPSA) is 63.3 Å². The second-order valence-electron chi connectivity index (χ2n) is 4.18. The van der Waals surface area contributed by atoms with Gasteiger partial charge in [0, 0.05) is 12.7 Å². The molecule has 106 valence electrons. The second kappa shape index (κ2) is 9.30. The molecule has 0 saturated heterocycles. The third-order valence-corrected chi connectivity index (χ3v) is 2.70. The van der Waals surface area contributed by atoms with Gasteiger partial charge < -0.3 is 11.1 Å². The van der Waals surface area contributed by atoms with Crippen LogP contribution in [0.4, 0.5) is 0 Å². The number of halogens is 1. The van der Waals surface area contributed by atoms with Gasteiger partial charge in [-0.2, -0.15) is 0 Å². The first-order valence-electron chi connectivity index (χ1n) is 6.32. The summed E-state index contributed by atoms with van der Waals surface area (Å²) in [6.07, 6.45) is 2.69. The molecular formula is C15H19IN4. The standard InChI is InChI=1S/C15H18N4.HI/c16-15(19-12-14-8-4-5-10-17-14)18-11-9-13-6-2-1-3-7-13;/h1-8,10H,9,11-12H2,(H3,16,18,19);1H. The summed E-state index contributed by atoms with van der Waals surface area (Å²) in [5.74, 6) is 0.460. The number of guanidine groups is 1. The van der Waals surface area contributed by atoms with Crippen LogP contribution in [0.15, 0.2) is 59.7 Å². The number of nitrogens with zero attached hydrogens (tertiary/aromatic N) is 2. The largest absolute Gasteiger partial charge is 0.370 e. The summed E-state index contributed by atoms with van der Waals surface area (Å²) < 4.78 is 0. The highest BCUT2D eigenvalue weighted by Gasteiger charge is 1.95. The van der Waals surface area contributed by atoms with E-state index in [1.807, 2.05) is 36.4 Å². The van der Waals surface area contributed by atoms with Gasteiger partial charge in [-0.1, -0.05) is 36.4 Å². The summed E-state index contributed by atoms with van der Waals surface area (Å²) in [6.45, 7) is 1.28. The van der Waals surface area contributed by atoms with Gasteiger partial charge >= 0.3 is 0 Å². The van der Waals surface area contributed by atoms with Crippen molar-refractivity contribution < 1.29 is 0 Å². The smallest absolute Gasteiger partial charge is 0.188 e. The Morgan fingerprint density at radius 3 is 2.55 bits per heavy atom. The van der Waals surface area contributed by atoms with Crippen LogP contribution in [0.2, 0.25) is 0 Å². The molecule has 0 atom stereocenters. The Hall–Kier alpha value is -1.63. The minimum Gasteiger partial charge on any atom is -0.370 e. The summed E-state index contributed by atoms with van der Waals surface area (Å²) in [7, 11) is 0. The number of hydrogen-bond donors (Lipinski definition) is 2. The van der Waals surface area contributed by atoms with E-state index in [2.05, 4.69) is 27.4 Å². The Morgan fingerprint density at radius 1 is 1.10 bits per heavy atom. The number of pyridine rings is 1. The van der Waals surface area contributed by atoms with Crippen molar-refractivity contribution in [3.8, 4) is 0 Å². The fraction of sp³-hybridized carbons (Fsp3) is 0.200. The third-order valence-electron chi connectivity index (χ3n) is 2.70. The highest BCUT2D eigenvalue weighted by molar-refractivity contribution is 14.0. The average Bonchev–Trinajstić information content (AvgIpc) is 2.47. The van der Waals surface area contributed by atoms with Crippen LogP contribution < -0.4 is 11.1 Å². The van der Waals surface area contributed by atoms with E-state index < -0.39 is 0 Å². The maximum absolute atomic E-state index is 5.80. The van der Waals surface area contributed by atoms with Crippen LogP contribution in [0.3, 0.4) is 0 Å². The van der Waals surface area contributed by atoms with E-state index in [4.69, 9.17) is 5.73 Å². The molecule has 2 aromatic rings. The number of benzene rings is 1. The van der Waals surface area contributed by atoms with Crippen LogP contribution in [-0.2, 0) is 13.0 Å². The van der Waals surface area contributed by atoms with Crippen molar-refractivity contribution in [2.45, 2.75) is 13.0 Å². The van der Waals surface area contributed by atoms with E-state index in [9.17, 15) is 0 Å². The van der Waals surface area contributed by atoms with E-state index in [1.54, 1.807) is 6.20 Å². The predicted octanol–water partition coefficient (Wildman–Crippen LogP) is 2.35. The molecule has 20 heavy (non-hydrogen) atoms. The SMILES string of the molecule is I.NC(=NCc1ccccn1)NCCc1ccccc1. The van der Waals surface area contributed by atoms with Gasteiger partial charge in [0.15, 0.2) is 5.96 Å². The molecule has 1 aromatic carbocycles. The normalized spacial score (nSPS) is 10.7. The van der Waals surface area contributed by atoms with Gasteiger partial charge in [0.25, 0.3) is 0 Å². The molecule has 0 fully saturated rings. The van der Waals surface area contributed by atoms with Gasteiger partial charge in [0.1, 0.15) is 0 Å². The zero-order chi connectivity index (χ0) is 13.3. The Morgan fingerprint density at radius 2 is 1.85 bits per heavy atom. The summed E-state index contributed by atoms with van der Waals surface area (Å²) in [5.41, 5.74) is 7.99. The second-order valence-corrected chi connectivity index (χ2v) is 4.18. The van der Waals surface area contributed by atoms with Crippen LogP contribution in [0.25, 0.3) is 0 Å². The highest BCUT2D eigenvalue weighted by Crippen LogP contribution is 1.98. The molecule has 0 spiro atoms.